The number of aliphatic hydroxyl groups is 1. The molecule has 0 bridgehead atoms. The van der Waals surface area contributed by atoms with E-state index < -0.39 is 0 Å². The summed E-state index contributed by atoms with van der Waals surface area (Å²) in [6.07, 6.45) is 12.4. The Kier molecular flexibility index (Phi) is 7.55. The van der Waals surface area contributed by atoms with E-state index in [1.807, 2.05) is 31.2 Å². The molecule has 3 N–H and O–H groups in total. The summed E-state index contributed by atoms with van der Waals surface area (Å²) in [5.74, 6) is 0.0942. The number of thiazole rings is 1. The smallest absolute Gasteiger partial charge is 0.233 e. The predicted molar refractivity (Wildman–Crippen MR) is 131 cm³/mol. The summed E-state index contributed by atoms with van der Waals surface area (Å²) in [5.41, 5.74) is 3.02. The number of carbonyl (C=O) groups excluding carboxylic acids is 1. The quantitative estimate of drug-likeness (QED) is 0.524. The fraction of sp³-hybridized carbons (Fsp3) is 0.462. The molecule has 0 fully saturated rings. The molecule has 1 heterocycles. The molecule has 4 rings (SSSR count). The summed E-state index contributed by atoms with van der Waals surface area (Å²) in [7, 11) is 0. The van der Waals surface area contributed by atoms with Gasteiger partial charge in [0.05, 0.1) is 22.7 Å². The molecule has 2 aromatic rings. The van der Waals surface area contributed by atoms with Gasteiger partial charge in [-0.1, -0.05) is 43.4 Å². The number of benzene rings is 1. The van der Waals surface area contributed by atoms with Crippen molar-refractivity contribution in [2.24, 2.45) is 5.92 Å². The van der Waals surface area contributed by atoms with Gasteiger partial charge in [0.2, 0.25) is 5.91 Å². The van der Waals surface area contributed by atoms with Gasteiger partial charge in [0.15, 0.2) is 0 Å². The summed E-state index contributed by atoms with van der Waals surface area (Å²) in [6.45, 7) is 4.76. The van der Waals surface area contributed by atoms with E-state index in [2.05, 4.69) is 46.8 Å². The first-order chi connectivity index (χ1) is 15.5. The zero-order valence-electron chi connectivity index (χ0n) is 18.9. The maximum absolute atomic E-state index is 12.8. The highest BCUT2D eigenvalue weighted by Gasteiger charge is 2.32. The minimum atomic E-state index is -0.375. The Bertz CT molecular complexity index is 979. The fourth-order valence-corrected chi connectivity index (χ4v) is 5.54. The minimum absolute atomic E-state index is 0.0375. The van der Waals surface area contributed by atoms with Crippen LogP contribution >= 0.6 is 11.3 Å². The maximum atomic E-state index is 12.8. The highest BCUT2D eigenvalue weighted by atomic mass is 32.1. The zero-order valence-corrected chi connectivity index (χ0v) is 19.7. The van der Waals surface area contributed by atoms with Crippen molar-refractivity contribution in [3.63, 3.8) is 0 Å². The van der Waals surface area contributed by atoms with Gasteiger partial charge in [0.25, 0.3) is 0 Å². The number of amides is 1. The number of hydrogen-bond acceptors (Lipinski definition) is 5. The van der Waals surface area contributed by atoms with Crippen molar-refractivity contribution < 1.29 is 9.90 Å². The zero-order chi connectivity index (χ0) is 22.5. The molecule has 2 aliphatic rings. The van der Waals surface area contributed by atoms with E-state index >= 15 is 0 Å². The van der Waals surface area contributed by atoms with Crippen LogP contribution in [0.5, 0.6) is 0 Å². The number of anilines is 1. The Hall–Kier alpha value is -2.28. The summed E-state index contributed by atoms with van der Waals surface area (Å²) < 4.78 is 0. The van der Waals surface area contributed by atoms with Crippen molar-refractivity contribution in [1.29, 1.82) is 0 Å². The van der Waals surface area contributed by atoms with Crippen LogP contribution in [0.3, 0.4) is 0 Å². The minimum Gasteiger partial charge on any atom is -0.391 e. The van der Waals surface area contributed by atoms with Crippen molar-refractivity contribution in [2.45, 2.75) is 64.0 Å². The predicted octanol–water partition coefficient (Wildman–Crippen LogP) is 4.52. The number of rotatable bonds is 9. The van der Waals surface area contributed by atoms with Gasteiger partial charge in [0.1, 0.15) is 0 Å². The van der Waals surface area contributed by atoms with Crippen molar-refractivity contribution in [2.75, 3.05) is 11.9 Å². The van der Waals surface area contributed by atoms with Crippen LogP contribution in [0.25, 0.3) is 0 Å². The molecule has 0 spiro atoms. The van der Waals surface area contributed by atoms with Crippen LogP contribution in [-0.2, 0) is 17.6 Å². The normalized spacial score (nSPS) is 21.3. The average molecular weight is 452 g/mol. The van der Waals surface area contributed by atoms with Crippen LogP contribution in [0.4, 0.5) is 5.69 Å². The van der Waals surface area contributed by atoms with E-state index in [1.54, 1.807) is 11.3 Å². The Labute approximate surface area is 194 Å². The summed E-state index contributed by atoms with van der Waals surface area (Å²) in [5, 5.41) is 18.1. The lowest BCUT2D eigenvalue weighted by atomic mass is 9.94. The number of aromatic nitrogens is 1. The lowest BCUT2D eigenvalue weighted by Gasteiger charge is -2.24. The molecule has 2 aliphatic carbocycles. The molecule has 1 amide bonds. The molecular formula is C26H33N3O2S. The van der Waals surface area contributed by atoms with Gasteiger partial charge < -0.3 is 15.7 Å². The molecule has 0 radical (unpaired) electrons. The second-order valence-corrected chi connectivity index (χ2v) is 10.1. The van der Waals surface area contributed by atoms with Crippen LogP contribution < -0.4 is 10.6 Å². The van der Waals surface area contributed by atoms with E-state index in [9.17, 15) is 9.90 Å². The van der Waals surface area contributed by atoms with Gasteiger partial charge in [-0.15, -0.1) is 11.3 Å². The molecule has 0 aliphatic heterocycles. The third kappa shape index (κ3) is 5.55. The SMILES string of the molecule is CCC(Cc1ccc(NC(=O)C2CCc3sc(C)nc32)cc1)NCC(O)C1C=CC=CC1. The molecular weight excluding hydrogens is 418 g/mol. The first-order valence-corrected chi connectivity index (χ1v) is 12.5. The van der Waals surface area contributed by atoms with Gasteiger partial charge in [-0.2, -0.15) is 0 Å². The van der Waals surface area contributed by atoms with Gasteiger partial charge >= 0.3 is 0 Å². The molecule has 4 unspecified atom stereocenters. The first-order valence-electron chi connectivity index (χ1n) is 11.6. The van der Waals surface area contributed by atoms with Crippen LogP contribution in [0.2, 0.25) is 0 Å². The Balaban J connectivity index is 1.27. The summed E-state index contributed by atoms with van der Waals surface area (Å²) in [6, 6.07) is 8.43. The highest BCUT2D eigenvalue weighted by molar-refractivity contribution is 7.11. The van der Waals surface area contributed by atoms with Gasteiger partial charge in [-0.25, -0.2) is 4.98 Å². The summed E-state index contributed by atoms with van der Waals surface area (Å²) in [4.78, 5) is 18.6. The van der Waals surface area contributed by atoms with Crippen LogP contribution in [-0.4, -0.2) is 34.7 Å². The molecule has 32 heavy (non-hydrogen) atoms. The molecule has 0 saturated heterocycles. The lowest BCUT2D eigenvalue weighted by Crippen LogP contribution is -2.39. The van der Waals surface area contributed by atoms with Crippen molar-refractivity contribution in [1.82, 2.24) is 10.3 Å². The second kappa shape index (κ2) is 10.6. The fourth-order valence-electron chi connectivity index (χ4n) is 4.53. The number of fused-ring (bicyclic) bond motifs is 1. The molecule has 6 heteroatoms. The van der Waals surface area contributed by atoms with Gasteiger partial charge in [0, 0.05) is 29.1 Å². The molecule has 0 saturated carbocycles. The topological polar surface area (TPSA) is 74.2 Å². The van der Waals surface area contributed by atoms with Crippen LogP contribution in [0, 0.1) is 12.8 Å². The van der Waals surface area contributed by atoms with E-state index in [0.29, 0.717) is 12.6 Å². The third-order valence-corrected chi connectivity index (χ3v) is 7.51. The van der Waals surface area contributed by atoms with E-state index in [0.717, 1.165) is 48.5 Å². The summed E-state index contributed by atoms with van der Waals surface area (Å²) >= 11 is 1.71. The van der Waals surface area contributed by atoms with Crippen molar-refractivity contribution in [3.05, 3.63) is 69.7 Å². The average Bonchev–Trinajstić information content (AvgIpc) is 3.37. The Morgan fingerprint density at radius 1 is 1.28 bits per heavy atom. The van der Waals surface area contributed by atoms with E-state index in [-0.39, 0.29) is 23.8 Å². The number of nitrogens with one attached hydrogen (secondary N) is 2. The standard InChI is InChI=1S/C26H33N3O2S/c1-3-20(27-16-23(30)19-7-5-4-6-8-19)15-18-9-11-21(12-10-18)29-26(31)22-13-14-24-25(22)28-17(2)32-24/h4-7,9-12,19-20,22-23,27,30H,3,8,13-16H2,1-2H3,(H,29,31). The maximum Gasteiger partial charge on any atom is 0.233 e. The Morgan fingerprint density at radius 3 is 2.81 bits per heavy atom. The van der Waals surface area contributed by atoms with Crippen molar-refractivity contribution in [3.8, 4) is 0 Å². The first kappa shape index (κ1) is 22.9. The van der Waals surface area contributed by atoms with Crippen LogP contribution in [0.15, 0.2) is 48.6 Å². The number of aliphatic hydroxyl groups excluding tert-OH is 1. The van der Waals surface area contributed by atoms with Crippen molar-refractivity contribution >= 4 is 22.9 Å². The molecule has 1 aromatic carbocycles. The number of aryl methyl sites for hydroxylation is 2. The van der Waals surface area contributed by atoms with E-state index in [1.165, 1.54) is 10.4 Å². The Morgan fingerprint density at radius 2 is 2.09 bits per heavy atom. The number of carbonyl (C=O) groups is 1. The second-order valence-electron chi connectivity index (χ2n) is 8.82. The number of allylic oxidation sites excluding steroid dienone is 3. The van der Waals surface area contributed by atoms with Gasteiger partial charge in [-0.05, 0) is 56.7 Å². The van der Waals surface area contributed by atoms with Gasteiger partial charge in [-0.3, -0.25) is 4.79 Å². The number of nitrogens with zero attached hydrogens (tertiary/aromatic N) is 1. The lowest BCUT2D eigenvalue weighted by molar-refractivity contribution is -0.117. The van der Waals surface area contributed by atoms with E-state index in [4.69, 9.17) is 0 Å². The molecule has 170 valence electrons. The van der Waals surface area contributed by atoms with Crippen LogP contribution in [0.1, 0.15) is 53.2 Å². The molecule has 4 atom stereocenters. The highest BCUT2D eigenvalue weighted by Crippen LogP contribution is 2.36. The molecule has 1 aromatic heterocycles. The monoisotopic (exact) mass is 451 g/mol. The number of hydrogen-bond donors (Lipinski definition) is 3. The third-order valence-electron chi connectivity index (χ3n) is 6.46. The molecule has 5 nitrogen and oxygen atoms in total. The largest absolute Gasteiger partial charge is 0.391 e.